The van der Waals surface area contributed by atoms with Crippen LogP contribution >= 0.6 is 0 Å². The number of hydrogen-bond donors (Lipinski definition) is 1. The Hall–Kier alpha value is -2.76. The Kier molecular flexibility index (Phi) is 5.11. The predicted octanol–water partition coefficient (Wildman–Crippen LogP) is 2.96. The van der Waals surface area contributed by atoms with Gasteiger partial charge in [0.05, 0.1) is 12.0 Å². The highest BCUT2D eigenvalue weighted by atomic mass is 19.1. The van der Waals surface area contributed by atoms with Crippen molar-refractivity contribution in [2.24, 2.45) is 5.41 Å². The lowest BCUT2D eigenvalue weighted by Crippen LogP contribution is -2.55. The van der Waals surface area contributed by atoms with Gasteiger partial charge in [-0.05, 0) is 60.9 Å². The SMILES string of the molecule is O=C(NC1CC2(CCN(C(=O)Cc3cccc(F)c3)CC2)C1)c1cccnc1. The summed E-state index contributed by atoms with van der Waals surface area (Å²) in [5, 5.41) is 3.08. The molecule has 2 aliphatic rings. The van der Waals surface area contributed by atoms with E-state index in [1.54, 1.807) is 36.7 Å². The van der Waals surface area contributed by atoms with Crippen molar-refractivity contribution in [3.63, 3.8) is 0 Å². The van der Waals surface area contributed by atoms with Crippen LogP contribution in [0.15, 0.2) is 48.8 Å². The first-order chi connectivity index (χ1) is 13.5. The van der Waals surface area contributed by atoms with Crippen molar-refractivity contribution >= 4 is 11.8 Å². The minimum Gasteiger partial charge on any atom is -0.349 e. The van der Waals surface area contributed by atoms with Gasteiger partial charge in [0.1, 0.15) is 5.82 Å². The molecule has 1 aromatic carbocycles. The molecule has 0 atom stereocenters. The van der Waals surface area contributed by atoms with Gasteiger partial charge >= 0.3 is 0 Å². The Morgan fingerprint density at radius 2 is 1.96 bits per heavy atom. The van der Waals surface area contributed by atoms with Crippen molar-refractivity contribution in [3.05, 3.63) is 65.7 Å². The molecule has 1 saturated carbocycles. The third kappa shape index (κ3) is 4.06. The van der Waals surface area contributed by atoms with Gasteiger partial charge in [-0.1, -0.05) is 12.1 Å². The van der Waals surface area contributed by atoms with Crippen LogP contribution in [-0.4, -0.2) is 40.8 Å². The van der Waals surface area contributed by atoms with E-state index >= 15 is 0 Å². The van der Waals surface area contributed by atoms with Crippen molar-refractivity contribution < 1.29 is 14.0 Å². The Labute approximate surface area is 164 Å². The average molecular weight is 381 g/mol. The zero-order valence-electron chi connectivity index (χ0n) is 15.7. The van der Waals surface area contributed by atoms with Crippen LogP contribution in [0.3, 0.4) is 0 Å². The quantitative estimate of drug-likeness (QED) is 0.886. The smallest absolute Gasteiger partial charge is 0.253 e. The van der Waals surface area contributed by atoms with E-state index in [0.29, 0.717) is 11.1 Å². The lowest BCUT2D eigenvalue weighted by atomic mass is 9.60. The van der Waals surface area contributed by atoms with E-state index in [9.17, 15) is 14.0 Å². The van der Waals surface area contributed by atoms with E-state index in [1.165, 1.54) is 12.1 Å². The fourth-order valence-corrected chi connectivity index (χ4v) is 4.43. The van der Waals surface area contributed by atoms with Crippen LogP contribution in [0.5, 0.6) is 0 Å². The summed E-state index contributed by atoms with van der Waals surface area (Å²) in [6.45, 7) is 1.47. The van der Waals surface area contributed by atoms with Crippen molar-refractivity contribution in [2.75, 3.05) is 13.1 Å². The van der Waals surface area contributed by atoms with Crippen molar-refractivity contribution in [3.8, 4) is 0 Å². The van der Waals surface area contributed by atoms with Crippen molar-refractivity contribution in [1.82, 2.24) is 15.2 Å². The van der Waals surface area contributed by atoms with E-state index in [-0.39, 0.29) is 35.5 Å². The molecule has 1 N–H and O–H groups in total. The van der Waals surface area contributed by atoms with Crippen LogP contribution in [0.2, 0.25) is 0 Å². The van der Waals surface area contributed by atoms with Crippen molar-refractivity contribution in [1.29, 1.82) is 0 Å². The molecule has 6 heteroatoms. The van der Waals surface area contributed by atoms with Crippen molar-refractivity contribution in [2.45, 2.75) is 38.1 Å². The number of halogens is 1. The molecule has 146 valence electrons. The molecule has 28 heavy (non-hydrogen) atoms. The van der Waals surface area contributed by atoms with Gasteiger partial charge in [-0.3, -0.25) is 14.6 Å². The molecule has 0 bridgehead atoms. The normalized spacial score (nSPS) is 18.5. The summed E-state index contributed by atoms with van der Waals surface area (Å²) in [6, 6.07) is 9.95. The fraction of sp³-hybridized carbons (Fsp3) is 0.409. The zero-order valence-corrected chi connectivity index (χ0v) is 15.7. The average Bonchev–Trinajstić information content (AvgIpc) is 2.68. The van der Waals surface area contributed by atoms with Crippen LogP contribution in [-0.2, 0) is 11.2 Å². The summed E-state index contributed by atoms with van der Waals surface area (Å²) in [7, 11) is 0. The Morgan fingerprint density at radius 1 is 1.18 bits per heavy atom. The Bertz CT molecular complexity index is 855. The van der Waals surface area contributed by atoms with Gasteiger partial charge in [-0.15, -0.1) is 0 Å². The molecule has 1 aliphatic heterocycles. The van der Waals surface area contributed by atoms with Crippen LogP contribution in [0.25, 0.3) is 0 Å². The lowest BCUT2D eigenvalue weighted by molar-refractivity contribution is -0.134. The number of carbonyl (C=O) groups excluding carboxylic acids is 2. The maximum absolute atomic E-state index is 13.3. The number of piperidine rings is 1. The van der Waals surface area contributed by atoms with E-state index in [0.717, 1.165) is 38.8 Å². The lowest BCUT2D eigenvalue weighted by Gasteiger charge is -2.52. The van der Waals surface area contributed by atoms with Gasteiger partial charge in [0.25, 0.3) is 5.91 Å². The number of hydrogen-bond acceptors (Lipinski definition) is 3. The molecule has 4 rings (SSSR count). The Morgan fingerprint density at radius 3 is 2.64 bits per heavy atom. The third-order valence-corrected chi connectivity index (χ3v) is 6.04. The van der Waals surface area contributed by atoms with Gasteiger partial charge in [0.15, 0.2) is 0 Å². The second-order valence-electron chi connectivity index (χ2n) is 8.01. The summed E-state index contributed by atoms with van der Waals surface area (Å²) in [5.74, 6) is -0.325. The summed E-state index contributed by atoms with van der Waals surface area (Å²) in [4.78, 5) is 30.6. The largest absolute Gasteiger partial charge is 0.349 e. The van der Waals surface area contributed by atoms with Gasteiger partial charge in [0, 0.05) is 31.5 Å². The number of benzene rings is 1. The molecule has 2 aromatic rings. The highest BCUT2D eigenvalue weighted by molar-refractivity contribution is 5.94. The summed E-state index contributed by atoms with van der Waals surface area (Å²) >= 11 is 0. The highest BCUT2D eigenvalue weighted by Crippen LogP contribution is 2.49. The summed E-state index contributed by atoms with van der Waals surface area (Å²) in [6.07, 6.45) is 7.32. The number of likely N-dealkylation sites (tertiary alicyclic amines) is 1. The molecule has 5 nitrogen and oxygen atoms in total. The van der Waals surface area contributed by atoms with Gasteiger partial charge in [-0.2, -0.15) is 0 Å². The van der Waals surface area contributed by atoms with Crippen LogP contribution in [0.4, 0.5) is 4.39 Å². The number of amides is 2. The number of rotatable bonds is 4. The minimum absolute atomic E-state index is 0.0567. The molecule has 2 amide bonds. The number of aromatic nitrogens is 1. The molecule has 1 aromatic heterocycles. The van der Waals surface area contributed by atoms with E-state index in [4.69, 9.17) is 0 Å². The number of carbonyl (C=O) groups is 2. The minimum atomic E-state index is -0.309. The summed E-state index contributed by atoms with van der Waals surface area (Å²) < 4.78 is 13.3. The van der Waals surface area contributed by atoms with E-state index < -0.39 is 0 Å². The standard InChI is InChI=1S/C22H24FN3O2/c23-18-5-1-3-16(11-18)12-20(27)26-9-6-22(7-10-26)13-19(14-22)25-21(28)17-4-2-8-24-15-17/h1-5,8,11,15,19H,6-7,9-10,12-14H2,(H,25,28). The molecule has 2 heterocycles. The number of pyridine rings is 1. The van der Waals surface area contributed by atoms with Crippen LogP contribution in [0.1, 0.15) is 41.6 Å². The van der Waals surface area contributed by atoms with E-state index in [1.807, 2.05) is 4.90 Å². The molecule has 0 radical (unpaired) electrons. The molecule has 1 spiro atoms. The monoisotopic (exact) mass is 381 g/mol. The zero-order chi connectivity index (χ0) is 19.6. The first-order valence-corrected chi connectivity index (χ1v) is 9.76. The topological polar surface area (TPSA) is 62.3 Å². The molecule has 1 saturated heterocycles. The predicted molar refractivity (Wildman–Crippen MR) is 103 cm³/mol. The first-order valence-electron chi connectivity index (χ1n) is 9.76. The second kappa shape index (κ2) is 7.70. The van der Waals surface area contributed by atoms with Gasteiger partial charge in [-0.25, -0.2) is 4.39 Å². The molecular formula is C22H24FN3O2. The van der Waals surface area contributed by atoms with E-state index in [2.05, 4.69) is 10.3 Å². The number of nitrogens with zero attached hydrogens (tertiary/aromatic N) is 2. The first kappa shape index (κ1) is 18.6. The molecule has 1 aliphatic carbocycles. The second-order valence-corrected chi connectivity index (χ2v) is 8.01. The maximum Gasteiger partial charge on any atom is 0.253 e. The molecular weight excluding hydrogens is 357 g/mol. The summed E-state index contributed by atoms with van der Waals surface area (Å²) in [5.41, 5.74) is 1.54. The Balaban J connectivity index is 1.24. The number of nitrogens with one attached hydrogen (secondary N) is 1. The fourth-order valence-electron chi connectivity index (χ4n) is 4.43. The van der Waals surface area contributed by atoms with Crippen LogP contribution in [0, 0.1) is 11.2 Å². The highest BCUT2D eigenvalue weighted by Gasteiger charge is 2.46. The third-order valence-electron chi connectivity index (χ3n) is 6.04. The maximum atomic E-state index is 13.3. The molecule has 2 fully saturated rings. The van der Waals surface area contributed by atoms with Crippen LogP contribution < -0.4 is 5.32 Å². The molecule has 0 unspecified atom stereocenters. The van der Waals surface area contributed by atoms with Gasteiger partial charge in [0.2, 0.25) is 5.91 Å². The van der Waals surface area contributed by atoms with Gasteiger partial charge < -0.3 is 10.2 Å².